The molecule has 0 atom stereocenters. The molecule has 0 aromatic carbocycles. The van der Waals surface area contributed by atoms with Crippen molar-refractivity contribution in [3.63, 3.8) is 0 Å². The predicted octanol–water partition coefficient (Wildman–Crippen LogP) is 4.69. The average Bonchev–Trinajstić information content (AvgIpc) is 2.14. The van der Waals surface area contributed by atoms with Crippen LogP contribution < -0.4 is 0 Å². The molecule has 1 rings (SSSR count). The minimum atomic E-state index is -4.09. The molecule has 0 bridgehead atoms. The lowest BCUT2D eigenvalue weighted by Gasteiger charge is -2.37. The molecule has 0 radical (unpaired) electrons. The van der Waals surface area contributed by atoms with E-state index in [0.29, 0.717) is 19.3 Å². The average molecular weight is 266 g/mol. The van der Waals surface area contributed by atoms with Crippen molar-refractivity contribution in [1.29, 1.82) is 0 Å². The van der Waals surface area contributed by atoms with Gasteiger partial charge in [-0.25, -0.2) is 0 Å². The fourth-order valence-corrected chi connectivity index (χ4v) is 2.68. The van der Waals surface area contributed by atoms with Crippen LogP contribution in [0.2, 0.25) is 0 Å². The number of hydrogen-bond acceptors (Lipinski definition) is 1. The monoisotopic (exact) mass is 266 g/mol. The normalized spacial score (nSPS) is 30.5. The van der Waals surface area contributed by atoms with Gasteiger partial charge in [0.05, 0.1) is 11.5 Å². The van der Waals surface area contributed by atoms with E-state index in [1.807, 2.05) is 0 Å². The SMILES string of the molecule is CC(C)(C)CCCC1(O)CCC(C(F)(F)F)CC1. The van der Waals surface area contributed by atoms with Gasteiger partial charge in [-0.2, -0.15) is 13.2 Å². The summed E-state index contributed by atoms with van der Waals surface area (Å²) in [6.07, 6.45) is -0.829. The topological polar surface area (TPSA) is 20.2 Å². The second-order valence-corrected chi connectivity index (χ2v) is 6.95. The van der Waals surface area contributed by atoms with Crippen molar-refractivity contribution in [2.24, 2.45) is 11.3 Å². The lowest BCUT2D eigenvalue weighted by Crippen LogP contribution is -2.38. The summed E-state index contributed by atoms with van der Waals surface area (Å²) in [6.45, 7) is 6.41. The molecule has 0 aromatic rings. The first-order chi connectivity index (χ1) is 8.02. The van der Waals surface area contributed by atoms with Gasteiger partial charge >= 0.3 is 6.18 Å². The summed E-state index contributed by atoms with van der Waals surface area (Å²) in [7, 11) is 0. The summed E-state index contributed by atoms with van der Waals surface area (Å²) in [4.78, 5) is 0. The predicted molar refractivity (Wildman–Crippen MR) is 66.3 cm³/mol. The molecule has 0 unspecified atom stereocenters. The van der Waals surface area contributed by atoms with E-state index < -0.39 is 17.7 Å². The van der Waals surface area contributed by atoms with Crippen LogP contribution >= 0.6 is 0 Å². The van der Waals surface area contributed by atoms with E-state index >= 15 is 0 Å². The molecule has 0 aromatic heterocycles. The van der Waals surface area contributed by atoms with Crippen LogP contribution in [0.3, 0.4) is 0 Å². The first-order valence-electron chi connectivity index (χ1n) is 6.81. The maximum absolute atomic E-state index is 12.5. The molecule has 1 aliphatic rings. The highest BCUT2D eigenvalue weighted by atomic mass is 19.4. The van der Waals surface area contributed by atoms with Crippen molar-refractivity contribution < 1.29 is 18.3 Å². The number of hydrogen-bond donors (Lipinski definition) is 1. The zero-order valence-electron chi connectivity index (χ0n) is 11.6. The van der Waals surface area contributed by atoms with Crippen LogP contribution in [-0.2, 0) is 0 Å². The Hall–Kier alpha value is -0.250. The molecule has 1 aliphatic carbocycles. The Labute approximate surface area is 108 Å². The van der Waals surface area contributed by atoms with E-state index in [0.717, 1.165) is 12.8 Å². The van der Waals surface area contributed by atoms with Gasteiger partial charge in [0.25, 0.3) is 0 Å². The van der Waals surface area contributed by atoms with Crippen LogP contribution in [0.4, 0.5) is 13.2 Å². The van der Waals surface area contributed by atoms with Crippen LogP contribution in [0.1, 0.15) is 65.7 Å². The molecule has 4 heteroatoms. The third-order valence-electron chi connectivity index (χ3n) is 3.95. The summed E-state index contributed by atoms with van der Waals surface area (Å²) < 4.78 is 37.6. The molecular weight excluding hydrogens is 241 g/mol. The summed E-state index contributed by atoms with van der Waals surface area (Å²) in [5.41, 5.74) is -0.632. The van der Waals surface area contributed by atoms with Crippen LogP contribution in [0.25, 0.3) is 0 Å². The molecule has 18 heavy (non-hydrogen) atoms. The molecule has 108 valence electrons. The fourth-order valence-electron chi connectivity index (χ4n) is 2.68. The van der Waals surface area contributed by atoms with Crippen molar-refractivity contribution >= 4 is 0 Å². The molecule has 1 fully saturated rings. The second-order valence-electron chi connectivity index (χ2n) is 6.95. The van der Waals surface area contributed by atoms with Crippen molar-refractivity contribution in [3.05, 3.63) is 0 Å². The molecule has 0 spiro atoms. The van der Waals surface area contributed by atoms with Gasteiger partial charge in [-0.15, -0.1) is 0 Å². The van der Waals surface area contributed by atoms with Crippen LogP contribution in [0.5, 0.6) is 0 Å². The van der Waals surface area contributed by atoms with E-state index in [1.165, 1.54) is 0 Å². The molecule has 1 saturated carbocycles. The lowest BCUT2D eigenvalue weighted by molar-refractivity contribution is -0.192. The highest BCUT2D eigenvalue weighted by molar-refractivity contribution is 4.87. The summed E-state index contributed by atoms with van der Waals surface area (Å²) in [6, 6.07) is 0. The highest BCUT2D eigenvalue weighted by Crippen LogP contribution is 2.43. The zero-order valence-corrected chi connectivity index (χ0v) is 11.6. The van der Waals surface area contributed by atoms with E-state index in [2.05, 4.69) is 20.8 Å². The van der Waals surface area contributed by atoms with E-state index in [4.69, 9.17) is 0 Å². The minimum absolute atomic E-state index is 0.0789. The maximum atomic E-state index is 12.5. The summed E-state index contributed by atoms with van der Waals surface area (Å²) in [5.74, 6) is -1.21. The van der Waals surface area contributed by atoms with Gasteiger partial charge in [-0.05, 0) is 43.9 Å². The third kappa shape index (κ3) is 5.17. The van der Waals surface area contributed by atoms with Crippen molar-refractivity contribution in [2.45, 2.75) is 77.5 Å². The molecular formula is C14H25F3O. The first-order valence-corrected chi connectivity index (χ1v) is 6.81. The Morgan fingerprint density at radius 3 is 2.00 bits per heavy atom. The molecule has 0 saturated heterocycles. The van der Waals surface area contributed by atoms with Gasteiger partial charge in [0.15, 0.2) is 0 Å². The van der Waals surface area contributed by atoms with Gasteiger partial charge in [0, 0.05) is 0 Å². The number of rotatable bonds is 3. The summed E-state index contributed by atoms with van der Waals surface area (Å²) >= 11 is 0. The van der Waals surface area contributed by atoms with Gasteiger partial charge < -0.3 is 5.11 Å². The molecule has 0 aliphatic heterocycles. The zero-order chi connectivity index (χ0) is 14.0. The van der Waals surface area contributed by atoms with Gasteiger partial charge in [-0.3, -0.25) is 0 Å². The quantitative estimate of drug-likeness (QED) is 0.786. The fraction of sp³-hybridized carbons (Fsp3) is 1.00. The van der Waals surface area contributed by atoms with Crippen molar-refractivity contribution in [3.8, 4) is 0 Å². The lowest BCUT2D eigenvalue weighted by atomic mass is 9.75. The Bertz CT molecular complexity index is 252. The molecule has 1 nitrogen and oxygen atoms in total. The largest absolute Gasteiger partial charge is 0.391 e. The van der Waals surface area contributed by atoms with Gasteiger partial charge in [0.2, 0.25) is 0 Å². The Kier molecular flexibility index (Phi) is 4.74. The van der Waals surface area contributed by atoms with Crippen LogP contribution in [0.15, 0.2) is 0 Å². The van der Waals surface area contributed by atoms with Crippen LogP contribution in [0, 0.1) is 11.3 Å². The van der Waals surface area contributed by atoms with Gasteiger partial charge in [0.1, 0.15) is 0 Å². The molecule has 0 amide bonds. The van der Waals surface area contributed by atoms with Crippen molar-refractivity contribution in [2.75, 3.05) is 0 Å². The van der Waals surface area contributed by atoms with E-state index in [1.54, 1.807) is 0 Å². The van der Waals surface area contributed by atoms with Crippen molar-refractivity contribution in [1.82, 2.24) is 0 Å². The highest BCUT2D eigenvalue weighted by Gasteiger charge is 2.44. The Morgan fingerprint density at radius 1 is 1.11 bits per heavy atom. The first kappa shape index (κ1) is 15.8. The standard InChI is InChI=1S/C14H25F3O/c1-12(2,3)7-4-8-13(18)9-5-11(6-10-13)14(15,16)17/h11,18H,4-10H2,1-3H3. The Morgan fingerprint density at radius 2 is 1.61 bits per heavy atom. The number of alkyl halides is 3. The third-order valence-corrected chi connectivity index (χ3v) is 3.95. The summed E-state index contributed by atoms with van der Waals surface area (Å²) in [5, 5.41) is 10.3. The van der Waals surface area contributed by atoms with E-state index in [9.17, 15) is 18.3 Å². The smallest absolute Gasteiger partial charge is 0.390 e. The Balaban J connectivity index is 2.36. The molecule has 0 heterocycles. The second kappa shape index (κ2) is 5.40. The molecule has 1 N–H and O–H groups in total. The van der Waals surface area contributed by atoms with E-state index in [-0.39, 0.29) is 18.3 Å². The minimum Gasteiger partial charge on any atom is -0.390 e. The number of halogens is 3. The van der Waals surface area contributed by atoms with Gasteiger partial charge in [-0.1, -0.05) is 27.2 Å². The number of aliphatic hydroxyl groups is 1. The van der Waals surface area contributed by atoms with Crippen LogP contribution in [-0.4, -0.2) is 16.9 Å². The maximum Gasteiger partial charge on any atom is 0.391 e.